The van der Waals surface area contributed by atoms with Crippen molar-refractivity contribution < 1.29 is 9.53 Å². The Morgan fingerprint density at radius 3 is 2.72 bits per heavy atom. The van der Waals surface area contributed by atoms with Gasteiger partial charge < -0.3 is 15.0 Å². The van der Waals surface area contributed by atoms with E-state index in [0.717, 1.165) is 22.6 Å². The molecule has 0 saturated carbocycles. The molecule has 0 spiro atoms. The highest BCUT2D eigenvalue weighted by atomic mass is 32.2. The second kappa shape index (κ2) is 8.12. The third kappa shape index (κ3) is 4.37. The first-order valence-electron chi connectivity index (χ1n) is 8.31. The van der Waals surface area contributed by atoms with Crippen LogP contribution in [0.2, 0.25) is 0 Å². The van der Waals surface area contributed by atoms with E-state index in [1.165, 1.54) is 10.9 Å². The van der Waals surface area contributed by atoms with Crippen LogP contribution in [0.5, 0.6) is 5.75 Å². The fourth-order valence-corrected chi connectivity index (χ4v) is 3.61. The van der Waals surface area contributed by atoms with Gasteiger partial charge in [-0.05, 0) is 49.2 Å². The van der Waals surface area contributed by atoms with E-state index in [4.69, 9.17) is 4.74 Å². The molecule has 2 aromatic carbocycles. The number of H-pyrrole nitrogens is 1. The van der Waals surface area contributed by atoms with Crippen molar-refractivity contribution in [1.82, 2.24) is 10.3 Å². The monoisotopic (exact) mass is 354 g/mol. The molecule has 5 heteroatoms. The normalized spacial score (nSPS) is 12.1. The van der Waals surface area contributed by atoms with Gasteiger partial charge in [0.25, 0.3) is 0 Å². The van der Waals surface area contributed by atoms with Crippen LogP contribution in [0.15, 0.2) is 59.6 Å². The summed E-state index contributed by atoms with van der Waals surface area (Å²) in [6.07, 6.45) is 2.84. The lowest BCUT2D eigenvalue weighted by Crippen LogP contribution is -2.32. The molecule has 0 aliphatic rings. The molecule has 0 aliphatic carbocycles. The lowest BCUT2D eigenvalue weighted by molar-refractivity contribution is -0.120. The van der Waals surface area contributed by atoms with Crippen LogP contribution in [-0.4, -0.2) is 29.8 Å². The summed E-state index contributed by atoms with van der Waals surface area (Å²) in [6, 6.07) is 16.0. The van der Waals surface area contributed by atoms with Crippen molar-refractivity contribution in [2.75, 3.05) is 13.7 Å². The zero-order valence-corrected chi connectivity index (χ0v) is 15.2. The third-order valence-electron chi connectivity index (χ3n) is 4.11. The highest BCUT2D eigenvalue weighted by Gasteiger charge is 2.14. The van der Waals surface area contributed by atoms with Crippen LogP contribution < -0.4 is 10.1 Å². The van der Waals surface area contributed by atoms with Gasteiger partial charge in [-0.1, -0.05) is 18.2 Å². The van der Waals surface area contributed by atoms with E-state index >= 15 is 0 Å². The van der Waals surface area contributed by atoms with E-state index in [2.05, 4.69) is 22.4 Å². The Morgan fingerprint density at radius 2 is 1.96 bits per heavy atom. The number of para-hydroxylation sites is 1. The topological polar surface area (TPSA) is 54.1 Å². The smallest absolute Gasteiger partial charge is 0.233 e. The number of hydrogen-bond donors (Lipinski definition) is 2. The van der Waals surface area contributed by atoms with Crippen LogP contribution in [0, 0.1) is 0 Å². The highest BCUT2D eigenvalue weighted by Crippen LogP contribution is 2.25. The number of methoxy groups -OCH3 is 1. The molecule has 1 unspecified atom stereocenters. The molecule has 2 N–H and O–H groups in total. The van der Waals surface area contributed by atoms with Crippen LogP contribution in [0.1, 0.15) is 12.5 Å². The molecule has 0 bridgehead atoms. The average Bonchev–Trinajstić information content (AvgIpc) is 3.05. The molecular formula is C20H22N2O2S. The summed E-state index contributed by atoms with van der Waals surface area (Å²) in [7, 11) is 1.64. The van der Waals surface area contributed by atoms with Crippen molar-refractivity contribution in [2.45, 2.75) is 23.5 Å². The molecule has 3 aromatic rings. The van der Waals surface area contributed by atoms with Crippen molar-refractivity contribution in [3.05, 3.63) is 60.3 Å². The van der Waals surface area contributed by atoms with Crippen molar-refractivity contribution in [1.29, 1.82) is 0 Å². The third-order valence-corrected chi connectivity index (χ3v) is 5.22. The highest BCUT2D eigenvalue weighted by molar-refractivity contribution is 8.00. The first-order valence-corrected chi connectivity index (χ1v) is 9.19. The van der Waals surface area contributed by atoms with Gasteiger partial charge in [0.2, 0.25) is 5.91 Å². The number of carbonyl (C=O) groups excluding carboxylic acids is 1. The molecule has 25 heavy (non-hydrogen) atoms. The molecule has 130 valence electrons. The van der Waals surface area contributed by atoms with Gasteiger partial charge in [0, 0.05) is 28.5 Å². The summed E-state index contributed by atoms with van der Waals surface area (Å²) in [5.41, 5.74) is 2.36. The number of benzene rings is 2. The molecule has 1 aromatic heterocycles. The summed E-state index contributed by atoms with van der Waals surface area (Å²) >= 11 is 1.55. The van der Waals surface area contributed by atoms with Gasteiger partial charge in [0.15, 0.2) is 0 Å². The van der Waals surface area contributed by atoms with E-state index in [1.807, 2.05) is 49.5 Å². The maximum atomic E-state index is 12.3. The Labute approximate surface area is 152 Å². The summed E-state index contributed by atoms with van der Waals surface area (Å²) in [6.45, 7) is 2.56. The molecule has 1 heterocycles. The maximum absolute atomic E-state index is 12.3. The number of thioether (sulfide) groups is 1. The van der Waals surface area contributed by atoms with Gasteiger partial charge in [-0.3, -0.25) is 4.79 Å². The van der Waals surface area contributed by atoms with Crippen molar-refractivity contribution >= 4 is 28.6 Å². The lowest BCUT2D eigenvalue weighted by atomic mass is 10.1. The zero-order chi connectivity index (χ0) is 17.6. The summed E-state index contributed by atoms with van der Waals surface area (Å²) in [4.78, 5) is 16.6. The molecule has 3 rings (SSSR count). The molecule has 0 aliphatic heterocycles. The van der Waals surface area contributed by atoms with Gasteiger partial charge in [0.05, 0.1) is 12.4 Å². The fraction of sp³-hybridized carbons (Fsp3) is 0.250. The van der Waals surface area contributed by atoms with Crippen LogP contribution >= 0.6 is 11.8 Å². The SMILES string of the molecule is COc1ccc(SC(C)C(=O)NCCc2c[nH]c3ccccc23)cc1. The molecule has 1 atom stereocenters. The van der Waals surface area contributed by atoms with Crippen molar-refractivity contribution in [2.24, 2.45) is 0 Å². The van der Waals surface area contributed by atoms with Gasteiger partial charge >= 0.3 is 0 Å². The minimum absolute atomic E-state index is 0.0562. The minimum atomic E-state index is -0.142. The standard InChI is InChI=1S/C20H22N2O2S/c1-14(25-17-9-7-16(24-2)8-10-17)20(23)21-12-11-15-13-22-19-6-4-3-5-18(15)19/h3-10,13-14,22H,11-12H2,1-2H3,(H,21,23). The Morgan fingerprint density at radius 1 is 1.20 bits per heavy atom. The first kappa shape index (κ1) is 17.4. The van der Waals surface area contributed by atoms with E-state index < -0.39 is 0 Å². The zero-order valence-electron chi connectivity index (χ0n) is 14.4. The number of ether oxygens (including phenoxy) is 1. The van der Waals surface area contributed by atoms with Gasteiger partial charge in [-0.2, -0.15) is 0 Å². The van der Waals surface area contributed by atoms with E-state index in [-0.39, 0.29) is 11.2 Å². The van der Waals surface area contributed by atoms with Crippen LogP contribution in [0.25, 0.3) is 10.9 Å². The lowest BCUT2D eigenvalue weighted by Gasteiger charge is -2.12. The quantitative estimate of drug-likeness (QED) is 0.630. The summed E-state index contributed by atoms with van der Waals surface area (Å²) < 4.78 is 5.15. The molecule has 0 fully saturated rings. The van der Waals surface area contributed by atoms with E-state index in [9.17, 15) is 4.79 Å². The fourth-order valence-electron chi connectivity index (χ4n) is 2.71. The predicted molar refractivity (Wildman–Crippen MR) is 103 cm³/mol. The average molecular weight is 354 g/mol. The molecule has 0 radical (unpaired) electrons. The van der Waals surface area contributed by atoms with Crippen LogP contribution in [-0.2, 0) is 11.2 Å². The Kier molecular flexibility index (Phi) is 5.66. The number of nitrogens with one attached hydrogen (secondary N) is 2. The predicted octanol–water partition coefficient (Wildman–Crippen LogP) is 4.02. The second-order valence-corrected chi connectivity index (χ2v) is 7.25. The molecule has 1 amide bonds. The summed E-state index contributed by atoms with van der Waals surface area (Å²) in [5.74, 6) is 0.876. The van der Waals surface area contributed by atoms with Crippen LogP contribution in [0.4, 0.5) is 0 Å². The maximum Gasteiger partial charge on any atom is 0.233 e. The number of amides is 1. The van der Waals surface area contributed by atoms with Crippen LogP contribution in [0.3, 0.4) is 0 Å². The van der Waals surface area contributed by atoms with Gasteiger partial charge in [-0.15, -0.1) is 11.8 Å². The number of aromatic amines is 1. The van der Waals surface area contributed by atoms with E-state index in [0.29, 0.717) is 6.54 Å². The minimum Gasteiger partial charge on any atom is -0.497 e. The first-order chi connectivity index (χ1) is 12.2. The number of rotatable bonds is 7. The number of carbonyl (C=O) groups is 1. The van der Waals surface area contributed by atoms with Crippen molar-refractivity contribution in [3.63, 3.8) is 0 Å². The summed E-state index contributed by atoms with van der Waals surface area (Å²) in [5, 5.41) is 4.11. The number of fused-ring (bicyclic) bond motifs is 1. The molecule has 0 saturated heterocycles. The number of aromatic nitrogens is 1. The van der Waals surface area contributed by atoms with Gasteiger partial charge in [0.1, 0.15) is 5.75 Å². The Balaban J connectivity index is 1.49. The molecule has 4 nitrogen and oxygen atoms in total. The van der Waals surface area contributed by atoms with Crippen molar-refractivity contribution in [3.8, 4) is 5.75 Å². The molecular weight excluding hydrogens is 332 g/mol. The second-order valence-electron chi connectivity index (χ2n) is 5.84. The van der Waals surface area contributed by atoms with Gasteiger partial charge in [-0.25, -0.2) is 0 Å². The largest absolute Gasteiger partial charge is 0.497 e. The number of hydrogen-bond acceptors (Lipinski definition) is 3. The van der Waals surface area contributed by atoms with E-state index in [1.54, 1.807) is 18.9 Å². The Hall–Kier alpha value is -2.40. The Bertz CT molecular complexity index is 842.